The van der Waals surface area contributed by atoms with Gasteiger partial charge in [-0.25, -0.2) is 0 Å². The largest absolute Gasteiger partial charge is 0.394 e. The fourth-order valence-corrected chi connectivity index (χ4v) is 6.29. The summed E-state index contributed by atoms with van der Waals surface area (Å²) in [5.74, 6) is 0.990. The molecule has 0 aromatic carbocycles. The van der Waals surface area contributed by atoms with Crippen LogP contribution in [0.25, 0.3) is 0 Å². The van der Waals surface area contributed by atoms with E-state index in [0.717, 1.165) is 25.2 Å². The zero-order valence-electron chi connectivity index (χ0n) is 13.4. The van der Waals surface area contributed by atoms with Gasteiger partial charge in [0.25, 0.3) is 0 Å². The van der Waals surface area contributed by atoms with Crippen LogP contribution in [0.2, 0.25) is 0 Å². The Morgan fingerprint density at radius 3 is 2.38 bits per heavy atom. The smallest absolute Gasteiger partial charge is 0.226 e. The predicted molar refractivity (Wildman–Crippen MR) is 80.8 cm³/mol. The second-order valence-corrected chi connectivity index (χ2v) is 8.50. The molecule has 0 heterocycles. The maximum atomic E-state index is 12.8. The number of carbonyl (C=O) groups excluding carboxylic acids is 1. The van der Waals surface area contributed by atoms with Gasteiger partial charge in [0.2, 0.25) is 5.91 Å². The number of amides is 1. The zero-order chi connectivity index (χ0) is 15.1. The third kappa shape index (κ3) is 2.85. The summed E-state index contributed by atoms with van der Waals surface area (Å²) in [6, 6.07) is 0. The van der Waals surface area contributed by atoms with E-state index >= 15 is 0 Å². The first-order valence-corrected chi connectivity index (χ1v) is 8.36. The maximum absolute atomic E-state index is 12.8. The van der Waals surface area contributed by atoms with Gasteiger partial charge in [-0.2, -0.15) is 0 Å². The minimum absolute atomic E-state index is 0.0380. The lowest BCUT2D eigenvalue weighted by Crippen LogP contribution is -2.60. The first-order chi connectivity index (χ1) is 9.89. The number of carbonyl (C=O) groups is 1. The molecule has 0 aromatic heterocycles. The van der Waals surface area contributed by atoms with Gasteiger partial charge in [0.05, 0.1) is 25.2 Å². The highest BCUT2D eigenvalue weighted by molar-refractivity contribution is 5.83. The van der Waals surface area contributed by atoms with E-state index in [0.29, 0.717) is 30.6 Å². The lowest BCUT2D eigenvalue weighted by molar-refractivity contribution is -0.170. The molecule has 4 aliphatic carbocycles. The lowest BCUT2D eigenvalue weighted by Gasteiger charge is -2.64. The van der Waals surface area contributed by atoms with Crippen molar-refractivity contribution in [2.75, 3.05) is 26.4 Å². The van der Waals surface area contributed by atoms with E-state index in [-0.39, 0.29) is 17.9 Å². The molecule has 4 rings (SSSR count). The van der Waals surface area contributed by atoms with Crippen molar-refractivity contribution in [1.82, 2.24) is 5.32 Å². The van der Waals surface area contributed by atoms with Crippen molar-refractivity contribution in [2.45, 2.75) is 52.4 Å². The minimum atomic E-state index is -0.125. The summed E-state index contributed by atoms with van der Waals surface area (Å²) in [7, 11) is 0. The lowest BCUT2D eigenvalue weighted by atomic mass is 9.40. The van der Waals surface area contributed by atoms with Gasteiger partial charge in [0, 0.05) is 6.54 Å². The van der Waals surface area contributed by atoms with Crippen molar-refractivity contribution < 1.29 is 14.6 Å². The van der Waals surface area contributed by atoms with E-state index in [9.17, 15) is 4.79 Å². The number of aliphatic hydroxyl groups excluding tert-OH is 1. The summed E-state index contributed by atoms with van der Waals surface area (Å²) in [4.78, 5) is 12.8. The molecule has 120 valence electrons. The summed E-state index contributed by atoms with van der Waals surface area (Å²) in [5, 5.41) is 11.8. The molecular weight excluding hydrogens is 266 g/mol. The molecule has 2 unspecified atom stereocenters. The molecule has 1 amide bonds. The molecule has 4 bridgehead atoms. The third-order valence-corrected chi connectivity index (χ3v) is 5.88. The van der Waals surface area contributed by atoms with Crippen molar-refractivity contribution >= 4 is 5.91 Å². The van der Waals surface area contributed by atoms with Crippen LogP contribution in [-0.4, -0.2) is 37.4 Å². The summed E-state index contributed by atoms with van der Waals surface area (Å²) in [6.07, 6.45) is 7.14. The first-order valence-electron chi connectivity index (χ1n) is 8.36. The Hall–Kier alpha value is -0.610. The molecule has 4 fully saturated rings. The van der Waals surface area contributed by atoms with Gasteiger partial charge in [-0.15, -0.1) is 0 Å². The Morgan fingerprint density at radius 1 is 1.14 bits per heavy atom. The molecular formula is C17H29NO3. The van der Waals surface area contributed by atoms with E-state index in [1.165, 1.54) is 19.3 Å². The third-order valence-electron chi connectivity index (χ3n) is 5.88. The van der Waals surface area contributed by atoms with Gasteiger partial charge in [0.1, 0.15) is 0 Å². The normalized spacial score (nSPS) is 44.0. The van der Waals surface area contributed by atoms with E-state index in [1.807, 2.05) is 0 Å². The van der Waals surface area contributed by atoms with Crippen LogP contribution in [0.15, 0.2) is 0 Å². The molecule has 21 heavy (non-hydrogen) atoms. The second kappa shape index (κ2) is 5.24. The van der Waals surface area contributed by atoms with Crippen LogP contribution in [-0.2, 0) is 9.53 Å². The Bertz CT molecular complexity index is 404. The van der Waals surface area contributed by atoms with Crippen molar-refractivity contribution in [2.24, 2.45) is 22.2 Å². The van der Waals surface area contributed by atoms with Crippen LogP contribution in [0.5, 0.6) is 0 Å². The fourth-order valence-electron chi connectivity index (χ4n) is 6.29. The van der Waals surface area contributed by atoms with E-state index < -0.39 is 0 Å². The zero-order valence-corrected chi connectivity index (χ0v) is 13.4. The number of rotatable bonds is 6. The highest BCUT2D eigenvalue weighted by Crippen LogP contribution is 2.69. The number of ether oxygens (including phenoxy) is 1. The number of hydrogen-bond acceptors (Lipinski definition) is 3. The van der Waals surface area contributed by atoms with Crippen molar-refractivity contribution in [3.63, 3.8) is 0 Å². The van der Waals surface area contributed by atoms with Crippen molar-refractivity contribution in [3.8, 4) is 0 Å². The molecule has 0 spiro atoms. The molecule has 0 aromatic rings. The first kappa shape index (κ1) is 15.3. The van der Waals surface area contributed by atoms with Crippen LogP contribution in [0, 0.1) is 22.2 Å². The standard InChI is InChI=1S/C17H29NO3/c1-15-7-13-8-16(2,10-15)12-17(9-13,11-15)14(20)18-3-5-21-6-4-19/h13,19H,3-12H2,1-2H3,(H,18,20). The molecule has 2 atom stereocenters. The minimum Gasteiger partial charge on any atom is -0.394 e. The van der Waals surface area contributed by atoms with Gasteiger partial charge >= 0.3 is 0 Å². The highest BCUT2D eigenvalue weighted by Gasteiger charge is 2.62. The monoisotopic (exact) mass is 295 g/mol. The van der Waals surface area contributed by atoms with Gasteiger partial charge in [-0.1, -0.05) is 13.8 Å². The SMILES string of the molecule is CC12CC3CC(C)(C1)CC(C(=O)NCCOCCO)(C3)C2. The van der Waals surface area contributed by atoms with E-state index in [1.54, 1.807) is 0 Å². The second-order valence-electron chi connectivity index (χ2n) is 8.50. The summed E-state index contributed by atoms with van der Waals surface area (Å²) in [6.45, 7) is 6.21. The molecule has 0 radical (unpaired) electrons. The fraction of sp³-hybridized carbons (Fsp3) is 0.941. The van der Waals surface area contributed by atoms with Crippen LogP contribution < -0.4 is 5.32 Å². The topological polar surface area (TPSA) is 58.6 Å². The number of nitrogens with one attached hydrogen (secondary N) is 1. The molecule has 4 heteroatoms. The summed E-state index contributed by atoms with van der Waals surface area (Å²) >= 11 is 0. The summed E-state index contributed by atoms with van der Waals surface area (Å²) < 4.78 is 5.23. The average Bonchev–Trinajstić information content (AvgIpc) is 2.33. The molecule has 4 saturated carbocycles. The molecule has 0 aliphatic heterocycles. The average molecular weight is 295 g/mol. The van der Waals surface area contributed by atoms with Gasteiger partial charge in [-0.3, -0.25) is 4.79 Å². The quantitative estimate of drug-likeness (QED) is 0.738. The summed E-state index contributed by atoms with van der Waals surface area (Å²) in [5.41, 5.74) is 0.623. The van der Waals surface area contributed by atoms with Crippen molar-refractivity contribution in [3.05, 3.63) is 0 Å². The molecule has 4 nitrogen and oxygen atoms in total. The Balaban J connectivity index is 1.63. The molecule has 4 aliphatic rings. The Morgan fingerprint density at radius 2 is 1.81 bits per heavy atom. The Kier molecular flexibility index (Phi) is 3.81. The van der Waals surface area contributed by atoms with Gasteiger partial charge < -0.3 is 15.2 Å². The van der Waals surface area contributed by atoms with E-state index in [4.69, 9.17) is 9.84 Å². The molecule has 0 saturated heterocycles. The van der Waals surface area contributed by atoms with Crippen LogP contribution in [0.1, 0.15) is 52.4 Å². The van der Waals surface area contributed by atoms with Gasteiger partial charge in [-0.05, 0) is 55.3 Å². The predicted octanol–water partition coefficient (Wildman–Crippen LogP) is 2.11. The highest BCUT2D eigenvalue weighted by atomic mass is 16.5. The van der Waals surface area contributed by atoms with Crippen LogP contribution in [0.4, 0.5) is 0 Å². The number of hydrogen-bond donors (Lipinski definition) is 2. The maximum Gasteiger partial charge on any atom is 0.226 e. The van der Waals surface area contributed by atoms with Gasteiger partial charge in [0.15, 0.2) is 0 Å². The Labute approximate surface area is 127 Å². The van der Waals surface area contributed by atoms with Crippen molar-refractivity contribution in [1.29, 1.82) is 0 Å². The van der Waals surface area contributed by atoms with Crippen LogP contribution in [0.3, 0.4) is 0 Å². The number of aliphatic hydroxyl groups is 1. The van der Waals surface area contributed by atoms with Crippen LogP contribution >= 0.6 is 0 Å². The molecule has 2 N–H and O–H groups in total. The van der Waals surface area contributed by atoms with E-state index in [2.05, 4.69) is 19.2 Å².